The average molecular weight is 360 g/mol. The average Bonchev–Trinajstić information content (AvgIpc) is 3.14. The predicted molar refractivity (Wildman–Crippen MR) is 106 cm³/mol. The van der Waals surface area contributed by atoms with Gasteiger partial charge in [-0.2, -0.15) is 0 Å². The molecular weight excluding hydrogens is 330 g/mol. The molecule has 1 fully saturated rings. The molecule has 4 nitrogen and oxygen atoms in total. The quantitative estimate of drug-likeness (QED) is 0.365. The van der Waals surface area contributed by atoms with E-state index in [0.717, 1.165) is 57.6 Å². The van der Waals surface area contributed by atoms with Crippen molar-refractivity contribution in [2.45, 2.75) is 24.2 Å². The number of guanidine groups is 1. The Morgan fingerprint density at radius 1 is 1.36 bits per heavy atom. The van der Waals surface area contributed by atoms with Crippen LogP contribution in [0.4, 0.5) is 0 Å². The van der Waals surface area contributed by atoms with Crippen molar-refractivity contribution < 1.29 is 4.74 Å². The summed E-state index contributed by atoms with van der Waals surface area (Å²) in [7, 11) is 1.89. The number of nitrogens with zero attached hydrogens (tertiary/aromatic N) is 2. The Hall–Kier alpha value is -1.46. The highest BCUT2D eigenvalue weighted by atomic mass is 32.2. The van der Waals surface area contributed by atoms with Crippen LogP contribution in [-0.4, -0.2) is 56.5 Å². The van der Waals surface area contributed by atoms with Crippen molar-refractivity contribution in [3.8, 4) is 0 Å². The van der Waals surface area contributed by atoms with Crippen molar-refractivity contribution in [1.82, 2.24) is 10.2 Å². The molecule has 1 unspecified atom stereocenters. The smallest absolute Gasteiger partial charge is 0.193 e. The van der Waals surface area contributed by atoms with Gasteiger partial charge in [0.25, 0.3) is 0 Å². The number of rotatable bonds is 6. The van der Waals surface area contributed by atoms with E-state index < -0.39 is 0 Å². The molecule has 1 N–H and O–H groups in total. The molecule has 2 aliphatic rings. The van der Waals surface area contributed by atoms with E-state index in [1.54, 1.807) is 0 Å². The van der Waals surface area contributed by atoms with Gasteiger partial charge in [-0.15, -0.1) is 11.8 Å². The maximum Gasteiger partial charge on any atom is 0.193 e. The SMILES string of the molecule is CN=C(NCCC1=CCOCC1)N1CCC(CSc2ccccc2)C1. The molecule has 0 saturated carbocycles. The van der Waals surface area contributed by atoms with Gasteiger partial charge in [0.1, 0.15) is 0 Å². The molecule has 0 aliphatic carbocycles. The minimum atomic E-state index is 0.738. The lowest BCUT2D eigenvalue weighted by Crippen LogP contribution is -2.40. The third-order valence-electron chi connectivity index (χ3n) is 4.81. The molecule has 5 heteroatoms. The fourth-order valence-corrected chi connectivity index (χ4v) is 4.40. The number of benzene rings is 1. The van der Waals surface area contributed by atoms with Gasteiger partial charge in [0.15, 0.2) is 5.96 Å². The van der Waals surface area contributed by atoms with E-state index >= 15 is 0 Å². The molecule has 1 aromatic carbocycles. The van der Waals surface area contributed by atoms with E-state index in [9.17, 15) is 0 Å². The molecule has 2 heterocycles. The standard InChI is InChI=1S/C20H29N3OS/c1-21-20(22-11-7-17-9-13-24-14-10-17)23-12-8-18(15-23)16-25-19-5-3-2-4-6-19/h2-6,9,18H,7-8,10-16H2,1H3,(H,21,22). The Balaban J connectivity index is 1.39. The van der Waals surface area contributed by atoms with E-state index in [-0.39, 0.29) is 0 Å². The van der Waals surface area contributed by atoms with E-state index in [4.69, 9.17) is 4.74 Å². The second-order valence-corrected chi connectivity index (χ2v) is 7.73. The van der Waals surface area contributed by atoms with Crippen LogP contribution in [0.3, 0.4) is 0 Å². The zero-order valence-electron chi connectivity index (χ0n) is 15.1. The van der Waals surface area contributed by atoms with Gasteiger partial charge in [-0.05, 0) is 37.3 Å². The van der Waals surface area contributed by atoms with E-state index in [2.05, 4.69) is 51.6 Å². The van der Waals surface area contributed by atoms with Gasteiger partial charge >= 0.3 is 0 Å². The number of nitrogens with one attached hydrogen (secondary N) is 1. The first-order valence-corrected chi connectivity index (χ1v) is 10.2. The van der Waals surface area contributed by atoms with Crippen molar-refractivity contribution in [1.29, 1.82) is 0 Å². The number of hydrogen-bond acceptors (Lipinski definition) is 3. The first kappa shape index (κ1) is 18.3. The highest BCUT2D eigenvalue weighted by Gasteiger charge is 2.24. The van der Waals surface area contributed by atoms with E-state index in [1.807, 2.05) is 18.8 Å². The molecule has 25 heavy (non-hydrogen) atoms. The normalized spacial score (nSPS) is 21.3. The van der Waals surface area contributed by atoms with Crippen LogP contribution < -0.4 is 5.32 Å². The molecule has 1 aromatic rings. The summed E-state index contributed by atoms with van der Waals surface area (Å²) >= 11 is 1.97. The Morgan fingerprint density at radius 3 is 3.00 bits per heavy atom. The summed E-state index contributed by atoms with van der Waals surface area (Å²) in [5.74, 6) is 2.98. The number of ether oxygens (including phenoxy) is 1. The molecule has 1 atom stereocenters. The number of hydrogen-bond donors (Lipinski definition) is 1. The van der Waals surface area contributed by atoms with Gasteiger partial charge < -0.3 is 15.0 Å². The number of thioether (sulfide) groups is 1. The van der Waals surface area contributed by atoms with Crippen LogP contribution in [-0.2, 0) is 4.74 Å². The predicted octanol–water partition coefficient (Wildman–Crippen LogP) is 3.41. The first-order chi connectivity index (χ1) is 12.3. The minimum Gasteiger partial charge on any atom is -0.377 e. The summed E-state index contributed by atoms with van der Waals surface area (Å²) in [5.41, 5.74) is 1.51. The maximum atomic E-state index is 5.37. The highest BCUT2D eigenvalue weighted by Crippen LogP contribution is 2.25. The topological polar surface area (TPSA) is 36.9 Å². The van der Waals surface area contributed by atoms with Crippen LogP contribution in [0.1, 0.15) is 19.3 Å². The molecule has 0 bridgehead atoms. The van der Waals surface area contributed by atoms with Crippen LogP contribution in [0.5, 0.6) is 0 Å². The molecule has 0 amide bonds. The summed E-state index contributed by atoms with van der Waals surface area (Å²) < 4.78 is 5.37. The fourth-order valence-electron chi connectivity index (χ4n) is 3.35. The monoisotopic (exact) mass is 359 g/mol. The molecule has 1 saturated heterocycles. The summed E-state index contributed by atoms with van der Waals surface area (Å²) in [6, 6.07) is 10.7. The van der Waals surface area contributed by atoms with Gasteiger partial charge in [0, 0.05) is 37.3 Å². The van der Waals surface area contributed by atoms with Crippen LogP contribution >= 0.6 is 11.8 Å². The number of likely N-dealkylation sites (tertiary alicyclic amines) is 1. The second-order valence-electron chi connectivity index (χ2n) is 6.64. The van der Waals surface area contributed by atoms with Crippen molar-refractivity contribution in [3.05, 3.63) is 42.0 Å². The molecule has 0 spiro atoms. The van der Waals surface area contributed by atoms with E-state index in [0.29, 0.717) is 0 Å². The van der Waals surface area contributed by atoms with Gasteiger partial charge in [-0.25, -0.2) is 0 Å². The molecule has 136 valence electrons. The maximum absolute atomic E-state index is 5.37. The zero-order chi connectivity index (χ0) is 17.3. The zero-order valence-corrected chi connectivity index (χ0v) is 15.9. The minimum absolute atomic E-state index is 0.738. The van der Waals surface area contributed by atoms with Crippen LogP contribution in [0.25, 0.3) is 0 Å². The van der Waals surface area contributed by atoms with Crippen molar-refractivity contribution in [2.24, 2.45) is 10.9 Å². The lowest BCUT2D eigenvalue weighted by atomic mass is 10.1. The summed E-state index contributed by atoms with van der Waals surface area (Å²) in [5, 5.41) is 3.54. The Kier molecular flexibility index (Phi) is 7.24. The Bertz CT molecular complexity index is 588. The summed E-state index contributed by atoms with van der Waals surface area (Å²) in [4.78, 5) is 8.27. The van der Waals surface area contributed by atoms with Crippen LogP contribution in [0, 0.1) is 5.92 Å². The summed E-state index contributed by atoms with van der Waals surface area (Å²) in [6.07, 6.45) is 5.63. The largest absolute Gasteiger partial charge is 0.377 e. The molecule has 3 rings (SSSR count). The molecule has 0 radical (unpaired) electrons. The van der Waals surface area contributed by atoms with Crippen LogP contribution in [0.2, 0.25) is 0 Å². The Labute approximate surface area is 155 Å². The molecular formula is C20H29N3OS. The third kappa shape index (κ3) is 5.79. The van der Waals surface area contributed by atoms with Gasteiger partial charge in [0.2, 0.25) is 0 Å². The van der Waals surface area contributed by atoms with Crippen LogP contribution in [0.15, 0.2) is 51.9 Å². The lowest BCUT2D eigenvalue weighted by Gasteiger charge is -2.22. The molecule has 0 aromatic heterocycles. The first-order valence-electron chi connectivity index (χ1n) is 9.24. The Morgan fingerprint density at radius 2 is 2.24 bits per heavy atom. The van der Waals surface area contributed by atoms with E-state index in [1.165, 1.54) is 22.6 Å². The second kappa shape index (κ2) is 9.88. The van der Waals surface area contributed by atoms with Gasteiger partial charge in [0.05, 0.1) is 13.2 Å². The third-order valence-corrected chi connectivity index (χ3v) is 6.06. The van der Waals surface area contributed by atoms with Crippen molar-refractivity contribution in [2.75, 3.05) is 45.6 Å². The summed E-state index contributed by atoms with van der Waals surface area (Å²) in [6.45, 7) is 4.81. The molecule has 2 aliphatic heterocycles. The highest BCUT2D eigenvalue weighted by molar-refractivity contribution is 7.99. The van der Waals surface area contributed by atoms with Crippen molar-refractivity contribution in [3.63, 3.8) is 0 Å². The van der Waals surface area contributed by atoms with Crippen molar-refractivity contribution >= 4 is 17.7 Å². The number of aliphatic imine (C=N–C) groups is 1. The van der Waals surface area contributed by atoms with Gasteiger partial charge in [-0.3, -0.25) is 4.99 Å². The lowest BCUT2D eigenvalue weighted by molar-refractivity contribution is 0.153. The van der Waals surface area contributed by atoms with Gasteiger partial charge in [-0.1, -0.05) is 29.8 Å². The fraction of sp³-hybridized carbons (Fsp3) is 0.550.